The van der Waals surface area contributed by atoms with Crippen molar-refractivity contribution in [1.82, 2.24) is 9.97 Å². The van der Waals surface area contributed by atoms with E-state index in [1.54, 1.807) is 0 Å². The zero-order chi connectivity index (χ0) is 14.7. The lowest BCUT2D eigenvalue weighted by Crippen LogP contribution is -2.42. The smallest absolute Gasteiger partial charge is 0.133 e. The van der Waals surface area contributed by atoms with E-state index < -0.39 is 0 Å². The Morgan fingerprint density at radius 3 is 2.35 bits per heavy atom. The molecule has 4 nitrogen and oxygen atoms in total. The van der Waals surface area contributed by atoms with Crippen LogP contribution in [-0.4, -0.2) is 34.3 Å². The summed E-state index contributed by atoms with van der Waals surface area (Å²) in [4.78, 5) is 11.7. The van der Waals surface area contributed by atoms with Gasteiger partial charge >= 0.3 is 0 Å². The van der Waals surface area contributed by atoms with Crippen LogP contribution in [-0.2, 0) is 0 Å². The first-order valence-corrected chi connectivity index (χ1v) is 7.79. The molecule has 0 saturated heterocycles. The Morgan fingerprint density at radius 2 is 1.90 bits per heavy atom. The van der Waals surface area contributed by atoms with Crippen LogP contribution in [0.1, 0.15) is 70.3 Å². The number of aromatic nitrogens is 2. The quantitative estimate of drug-likeness (QED) is 0.868. The SMILES string of the molecule is CC(C)c1cc(N(CCO)C2CCC2)nc(C(C)C)n1. The maximum absolute atomic E-state index is 9.34. The second kappa shape index (κ2) is 6.53. The molecule has 1 aliphatic carbocycles. The van der Waals surface area contributed by atoms with Gasteiger partial charge in [0.1, 0.15) is 11.6 Å². The molecular formula is C16H27N3O. The van der Waals surface area contributed by atoms with E-state index in [2.05, 4.69) is 43.6 Å². The Hall–Kier alpha value is -1.16. The van der Waals surface area contributed by atoms with Crippen molar-refractivity contribution in [2.24, 2.45) is 0 Å². The van der Waals surface area contributed by atoms with Crippen LogP contribution >= 0.6 is 0 Å². The summed E-state index contributed by atoms with van der Waals surface area (Å²) in [6.45, 7) is 9.42. The third kappa shape index (κ3) is 3.29. The van der Waals surface area contributed by atoms with Crippen molar-refractivity contribution in [1.29, 1.82) is 0 Å². The highest BCUT2D eigenvalue weighted by molar-refractivity contribution is 5.43. The molecule has 112 valence electrons. The molecule has 0 amide bonds. The summed E-state index contributed by atoms with van der Waals surface area (Å²) in [6.07, 6.45) is 3.70. The molecule has 0 spiro atoms. The van der Waals surface area contributed by atoms with Gasteiger partial charge in [-0.3, -0.25) is 0 Å². The Kier molecular flexibility index (Phi) is 4.97. The van der Waals surface area contributed by atoms with Gasteiger partial charge in [-0.05, 0) is 25.2 Å². The molecule has 1 N–H and O–H groups in total. The van der Waals surface area contributed by atoms with Crippen LogP contribution in [0, 0.1) is 0 Å². The number of hydrogen-bond acceptors (Lipinski definition) is 4. The lowest BCUT2D eigenvalue weighted by molar-refractivity contribution is 0.282. The third-order valence-corrected chi connectivity index (χ3v) is 4.01. The Labute approximate surface area is 122 Å². The number of nitrogens with zero attached hydrogens (tertiary/aromatic N) is 3. The second-order valence-electron chi connectivity index (χ2n) is 6.32. The van der Waals surface area contributed by atoms with Crippen molar-refractivity contribution < 1.29 is 5.11 Å². The summed E-state index contributed by atoms with van der Waals surface area (Å²) in [6, 6.07) is 2.64. The maximum Gasteiger partial charge on any atom is 0.133 e. The largest absolute Gasteiger partial charge is 0.395 e. The molecule has 0 radical (unpaired) electrons. The lowest BCUT2D eigenvalue weighted by atomic mass is 9.91. The fourth-order valence-corrected chi connectivity index (χ4v) is 2.46. The number of aliphatic hydroxyl groups excluding tert-OH is 1. The van der Waals surface area contributed by atoms with Gasteiger partial charge in [-0.1, -0.05) is 27.7 Å². The van der Waals surface area contributed by atoms with E-state index in [1.807, 2.05) is 0 Å². The van der Waals surface area contributed by atoms with Gasteiger partial charge < -0.3 is 10.0 Å². The molecule has 1 heterocycles. The predicted molar refractivity (Wildman–Crippen MR) is 82.3 cm³/mol. The van der Waals surface area contributed by atoms with E-state index >= 15 is 0 Å². The van der Waals surface area contributed by atoms with Crippen molar-refractivity contribution in [3.05, 3.63) is 17.6 Å². The molecule has 4 heteroatoms. The first-order chi connectivity index (χ1) is 9.52. The molecule has 1 aliphatic rings. The summed E-state index contributed by atoms with van der Waals surface area (Å²) in [5.74, 6) is 2.62. The summed E-state index contributed by atoms with van der Waals surface area (Å²) < 4.78 is 0. The first kappa shape index (κ1) is 15.2. The van der Waals surface area contributed by atoms with Crippen molar-refractivity contribution in [3.63, 3.8) is 0 Å². The van der Waals surface area contributed by atoms with Crippen LogP contribution < -0.4 is 4.90 Å². The minimum absolute atomic E-state index is 0.175. The van der Waals surface area contributed by atoms with Gasteiger partial charge in [0.2, 0.25) is 0 Å². The number of anilines is 1. The van der Waals surface area contributed by atoms with Crippen LogP contribution in [0.2, 0.25) is 0 Å². The van der Waals surface area contributed by atoms with Gasteiger partial charge in [0.15, 0.2) is 0 Å². The molecule has 0 aromatic carbocycles. The summed E-state index contributed by atoms with van der Waals surface area (Å²) in [7, 11) is 0. The van der Waals surface area contributed by atoms with E-state index in [-0.39, 0.29) is 6.61 Å². The van der Waals surface area contributed by atoms with Gasteiger partial charge in [-0.2, -0.15) is 0 Å². The molecule has 1 saturated carbocycles. The highest BCUT2D eigenvalue weighted by Crippen LogP contribution is 2.30. The zero-order valence-electron chi connectivity index (χ0n) is 13.1. The van der Waals surface area contributed by atoms with Gasteiger partial charge in [0.05, 0.1) is 6.61 Å². The van der Waals surface area contributed by atoms with Crippen LogP contribution in [0.15, 0.2) is 6.07 Å². The Bertz CT molecular complexity index is 415. The molecule has 0 atom stereocenters. The van der Waals surface area contributed by atoms with E-state index in [9.17, 15) is 5.11 Å². The van der Waals surface area contributed by atoms with Crippen LogP contribution in [0.4, 0.5) is 5.82 Å². The molecule has 1 fully saturated rings. The average Bonchev–Trinajstić information content (AvgIpc) is 2.35. The average molecular weight is 277 g/mol. The summed E-state index contributed by atoms with van der Waals surface area (Å²) in [5, 5.41) is 9.34. The molecule has 0 unspecified atom stereocenters. The van der Waals surface area contributed by atoms with E-state index in [1.165, 1.54) is 19.3 Å². The molecule has 1 aromatic heterocycles. The summed E-state index contributed by atoms with van der Waals surface area (Å²) in [5.41, 5.74) is 1.10. The molecule has 0 bridgehead atoms. The molecule has 20 heavy (non-hydrogen) atoms. The highest BCUT2D eigenvalue weighted by atomic mass is 16.3. The van der Waals surface area contributed by atoms with Crippen molar-refractivity contribution >= 4 is 5.82 Å². The standard InChI is InChI=1S/C16H27N3O/c1-11(2)14-10-15(18-16(17-14)12(3)4)19(8-9-20)13-6-5-7-13/h10-13,20H,5-9H2,1-4H3. The number of aliphatic hydroxyl groups is 1. The molecule has 2 rings (SSSR count). The topological polar surface area (TPSA) is 49.2 Å². The Morgan fingerprint density at radius 1 is 1.20 bits per heavy atom. The maximum atomic E-state index is 9.34. The molecule has 1 aromatic rings. The zero-order valence-corrected chi connectivity index (χ0v) is 13.1. The van der Waals surface area contributed by atoms with E-state index in [0.717, 1.165) is 17.3 Å². The second-order valence-corrected chi connectivity index (χ2v) is 6.32. The molecular weight excluding hydrogens is 250 g/mol. The fourth-order valence-electron chi connectivity index (χ4n) is 2.46. The highest BCUT2D eigenvalue weighted by Gasteiger charge is 2.26. The third-order valence-electron chi connectivity index (χ3n) is 4.01. The fraction of sp³-hybridized carbons (Fsp3) is 0.750. The first-order valence-electron chi connectivity index (χ1n) is 7.79. The van der Waals surface area contributed by atoms with Gasteiger partial charge in [-0.15, -0.1) is 0 Å². The van der Waals surface area contributed by atoms with Crippen LogP contribution in [0.5, 0.6) is 0 Å². The predicted octanol–water partition coefficient (Wildman–Crippen LogP) is 3.07. The Balaban J connectivity index is 2.36. The normalized spacial score (nSPS) is 15.8. The van der Waals surface area contributed by atoms with Crippen molar-refractivity contribution in [2.75, 3.05) is 18.1 Å². The van der Waals surface area contributed by atoms with Crippen LogP contribution in [0.25, 0.3) is 0 Å². The minimum atomic E-state index is 0.175. The van der Waals surface area contributed by atoms with Crippen molar-refractivity contribution in [2.45, 2.75) is 64.8 Å². The van der Waals surface area contributed by atoms with E-state index in [0.29, 0.717) is 24.4 Å². The molecule has 0 aliphatic heterocycles. The van der Waals surface area contributed by atoms with Gasteiger partial charge in [-0.25, -0.2) is 9.97 Å². The minimum Gasteiger partial charge on any atom is -0.395 e. The number of hydrogen-bond donors (Lipinski definition) is 1. The van der Waals surface area contributed by atoms with E-state index in [4.69, 9.17) is 4.98 Å². The van der Waals surface area contributed by atoms with Gasteiger partial charge in [0, 0.05) is 30.3 Å². The monoisotopic (exact) mass is 277 g/mol. The number of rotatable bonds is 6. The van der Waals surface area contributed by atoms with Crippen LogP contribution in [0.3, 0.4) is 0 Å². The van der Waals surface area contributed by atoms with Crippen molar-refractivity contribution in [3.8, 4) is 0 Å². The lowest BCUT2D eigenvalue weighted by Gasteiger charge is -2.38. The summed E-state index contributed by atoms with van der Waals surface area (Å²) >= 11 is 0. The van der Waals surface area contributed by atoms with Gasteiger partial charge in [0.25, 0.3) is 0 Å².